The Morgan fingerprint density at radius 3 is 2.59 bits per heavy atom. The number of hydrogen-bond donors (Lipinski definition) is 1. The van der Waals surface area contributed by atoms with Crippen molar-refractivity contribution in [3.8, 4) is 0 Å². The van der Waals surface area contributed by atoms with Crippen molar-refractivity contribution in [1.82, 2.24) is 9.55 Å². The van der Waals surface area contributed by atoms with Gasteiger partial charge in [-0.15, -0.1) is 11.3 Å². The third kappa shape index (κ3) is 2.69. The largest absolute Gasteiger partial charge is 0.337 e. The van der Waals surface area contributed by atoms with Crippen molar-refractivity contribution in [2.24, 2.45) is 0 Å². The van der Waals surface area contributed by atoms with E-state index in [1.807, 2.05) is 17.5 Å². The molecule has 1 N–H and O–H groups in total. The molecule has 0 amide bonds. The number of imidazole rings is 1. The summed E-state index contributed by atoms with van der Waals surface area (Å²) in [5.41, 5.74) is 1.37. The van der Waals surface area contributed by atoms with E-state index in [-0.39, 0.29) is 5.41 Å². The second-order valence-electron chi connectivity index (χ2n) is 5.33. The zero-order valence-corrected chi connectivity index (χ0v) is 12.3. The summed E-state index contributed by atoms with van der Waals surface area (Å²) < 4.78 is 3.00. The number of nitrogens with one attached hydrogen (secondary N) is 1. The SMILES string of the molecule is Cc1ccc(Cn2c(C(C)(C)C)c[nH]c2=S)s1. The molecule has 2 rings (SSSR count). The maximum absolute atomic E-state index is 5.36. The van der Waals surface area contributed by atoms with Crippen LogP contribution in [0.3, 0.4) is 0 Å². The number of thiophene rings is 1. The molecule has 0 atom stereocenters. The maximum atomic E-state index is 5.36. The Bertz CT molecular complexity index is 567. The minimum absolute atomic E-state index is 0.111. The van der Waals surface area contributed by atoms with E-state index in [0.717, 1.165) is 11.3 Å². The van der Waals surface area contributed by atoms with Crippen LogP contribution in [0.15, 0.2) is 18.3 Å². The maximum Gasteiger partial charge on any atom is 0.177 e. The van der Waals surface area contributed by atoms with Gasteiger partial charge in [-0.1, -0.05) is 20.8 Å². The molecule has 0 saturated heterocycles. The first-order chi connectivity index (χ1) is 7.88. The summed E-state index contributed by atoms with van der Waals surface area (Å²) in [6.07, 6.45) is 2.03. The second kappa shape index (κ2) is 4.42. The van der Waals surface area contributed by atoms with Gasteiger partial charge in [-0.05, 0) is 31.3 Å². The number of hydrogen-bond acceptors (Lipinski definition) is 2. The molecule has 17 heavy (non-hydrogen) atoms. The first-order valence-electron chi connectivity index (χ1n) is 5.72. The van der Waals surface area contributed by atoms with Crippen molar-refractivity contribution in [1.29, 1.82) is 0 Å². The third-order valence-corrected chi connectivity index (χ3v) is 4.07. The average molecular weight is 266 g/mol. The fourth-order valence-corrected chi connectivity index (χ4v) is 3.00. The van der Waals surface area contributed by atoms with Crippen LogP contribution >= 0.6 is 23.6 Å². The summed E-state index contributed by atoms with van der Waals surface area (Å²) in [7, 11) is 0. The van der Waals surface area contributed by atoms with E-state index in [4.69, 9.17) is 12.2 Å². The van der Waals surface area contributed by atoms with Crippen molar-refractivity contribution in [2.45, 2.75) is 39.7 Å². The van der Waals surface area contributed by atoms with E-state index in [1.54, 1.807) is 0 Å². The number of aryl methyl sites for hydroxylation is 1. The van der Waals surface area contributed by atoms with Gasteiger partial charge in [-0.25, -0.2) is 0 Å². The van der Waals surface area contributed by atoms with Crippen molar-refractivity contribution < 1.29 is 0 Å². The van der Waals surface area contributed by atoms with Crippen molar-refractivity contribution in [3.05, 3.63) is 38.5 Å². The molecule has 0 saturated carbocycles. The van der Waals surface area contributed by atoms with Crippen LogP contribution in [0.1, 0.15) is 36.2 Å². The minimum atomic E-state index is 0.111. The van der Waals surface area contributed by atoms with Gasteiger partial charge in [0.25, 0.3) is 0 Å². The molecule has 92 valence electrons. The molecule has 0 aliphatic carbocycles. The molecule has 2 nitrogen and oxygen atoms in total. The molecule has 2 heterocycles. The normalized spacial score (nSPS) is 12.0. The topological polar surface area (TPSA) is 20.7 Å². The van der Waals surface area contributed by atoms with Gasteiger partial charge in [-0.3, -0.25) is 0 Å². The van der Waals surface area contributed by atoms with E-state index < -0.39 is 0 Å². The fraction of sp³-hybridized carbons (Fsp3) is 0.462. The van der Waals surface area contributed by atoms with Gasteiger partial charge in [0.15, 0.2) is 4.77 Å². The van der Waals surface area contributed by atoms with Gasteiger partial charge in [0, 0.05) is 27.1 Å². The first kappa shape index (κ1) is 12.6. The van der Waals surface area contributed by atoms with Crippen LogP contribution in [0, 0.1) is 11.7 Å². The van der Waals surface area contributed by atoms with Crippen LogP contribution in [0.25, 0.3) is 0 Å². The van der Waals surface area contributed by atoms with Gasteiger partial charge < -0.3 is 9.55 Å². The molecule has 4 heteroatoms. The summed E-state index contributed by atoms with van der Waals surface area (Å²) >= 11 is 7.19. The van der Waals surface area contributed by atoms with Crippen LogP contribution < -0.4 is 0 Å². The minimum Gasteiger partial charge on any atom is -0.337 e. The number of aromatic nitrogens is 2. The lowest BCUT2D eigenvalue weighted by atomic mass is 9.92. The summed E-state index contributed by atoms with van der Waals surface area (Å²) in [5, 5.41) is 0. The molecule has 0 aliphatic rings. The fourth-order valence-electron chi connectivity index (χ4n) is 1.90. The molecule has 0 aliphatic heterocycles. The number of rotatable bonds is 2. The lowest BCUT2D eigenvalue weighted by molar-refractivity contribution is 0.530. The Kier molecular flexibility index (Phi) is 3.27. The summed E-state index contributed by atoms with van der Waals surface area (Å²) in [4.78, 5) is 5.85. The van der Waals surface area contributed by atoms with Crippen LogP contribution in [0.2, 0.25) is 0 Å². The van der Waals surface area contributed by atoms with Crippen molar-refractivity contribution >= 4 is 23.6 Å². The zero-order valence-electron chi connectivity index (χ0n) is 10.7. The van der Waals surface area contributed by atoms with E-state index in [2.05, 4.69) is 49.4 Å². The molecule has 0 fully saturated rings. The average Bonchev–Trinajstić information content (AvgIpc) is 2.74. The second-order valence-corrected chi connectivity index (χ2v) is 7.09. The number of aromatic amines is 1. The van der Waals surface area contributed by atoms with Gasteiger partial charge in [0.05, 0.1) is 6.54 Å². The van der Waals surface area contributed by atoms with Crippen molar-refractivity contribution in [2.75, 3.05) is 0 Å². The molecule has 0 unspecified atom stereocenters. The zero-order chi connectivity index (χ0) is 12.6. The Balaban J connectivity index is 2.39. The van der Waals surface area contributed by atoms with E-state index in [9.17, 15) is 0 Å². The van der Waals surface area contributed by atoms with Gasteiger partial charge in [0.2, 0.25) is 0 Å². The lowest BCUT2D eigenvalue weighted by Crippen LogP contribution is -2.17. The Morgan fingerprint density at radius 2 is 2.06 bits per heavy atom. The van der Waals surface area contributed by atoms with Gasteiger partial charge in [-0.2, -0.15) is 0 Å². The molecule has 0 spiro atoms. The molecular weight excluding hydrogens is 248 g/mol. The summed E-state index contributed by atoms with van der Waals surface area (Å²) in [6, 6.07) is 4.34. The predicted octanol–water partition coefficient (Wildman–Crippen LogP) is 4.26. The lowest BCUT2D eigenvalue weighted by Gasteiger charge is -2.20. The molecule has 0 aromatic carbocycles. The van der Waals surface area contributed by atoms with E-state index in [1.165, 1.54) is 15.4 Å². The quantitative estimate of drug-likeness (QED) is 0.805. The van der Waals surface area contributed by atoms with Crippen LogP contribution in [0.4, 0.5) is 0 Å². The van der Waals surface area contributed by atoms with Crippen LogP contribution in [-0.4, -0.2) is 9.55 Å². The standard InChI is InChI=1S/C13H18N2S2/c1-9-5-6-10(17-9)8-15-11(13(2,3)4)7-14-12(15)16/h5-7H,8H2,1-4H3,(H,14,16). The Labute approximate surface area is 111 Å². The van der Waals surface area contributed by atoms with E-state index in [0.29, 0.717) is 0 Å². The van der Waals surface area contributed by atoms with Crippen molar-refractivity contribution in [3.63, 3.8) is 0 Å². The van der Waals surface area contributed by atoms with Gasteiger partial charge in [0.1, 0.15) is 0 Å². The molecule has 2 aromatic heterocycles. The number of nitrogens with zero attached hydrogens (tertiary/aromatic N) is 1. The highest BCUT2D eigenvalue weighted by Gasteiger charge is 2.19. The Morgan fingerprint density at radius 1 is 1.35 bits per heavy atom. The highest BCUT2D eigenvalue weighted by Crippen LogP contribution is 2.24. The predicted molar refractivity (Wildman–Crippen MR) is 76.5 cm³/mol. The molecule has 0 bridgehead atoms. The molecular formula is C13H18N2S2. The molecule has 0 radical (unpaired) electrons. The highest BCUT2D eigenvalue weighted by molar-refractivity contribution is 7.71. The summed E-state index contributed by atoms with van der Waals surface area (Å²) in [6.45, 7) is 9.63. The first-order valence-corrected chi connectivity index (χ1v) is 6.94. The molecule has 2 aromatic rings. The monoisotopic (exact) mass is 266 g/mol. The van der Waals surface area contributed by atoms with E-state index >= 15 is 0 Å². The van der Waals surface area contributed by atoms with Gasteiger partial charge >= 0.3 is 0 Å². The Hall–Kier alpha value is -0.870. The van der Waals surface area contributed by atoms with Crippen LogP contribution in [0.5, 0.6) is 0 Å². The summed E-state index contributed by atoms with van der Waals surface area (Å²) in [5.74, 6) is 0. The smallest absolute Gasteiger partial charge is 0.177 e. The highest BCUT2D eigenvalue weighted by atomic mass is 32.1. The number of H-pyrrole nitrogens is 1. The third-order valence-electron chi connectivity index (χ3n) is 2.75. The van der Waals surface area contributed by atoms with Crippen LogP contribution in [-0.2, 0) is 12.0 Å².